The third-order valence-electron chi connectivity index (χ3n) is 3.26. The molecule has 1 aromatic heterocycles. The van der Waals surface area contributed by atoms with Crippen molar-refractivity contribution in [1.82, 2.24) is 9.88 Å². The van der Waals surface area contributed by atoms with Crippen molar-refractivity contribution in [2.24, 2.45) is 0 Å². The number of rotatable bonds is 2. The smallest absolute Gasteiger partial charge is 0.260 e. The number of pyridine rings is 1. The Morgan fingerprint density at radius 2 is 1.95 bits per heavy atom. The quantitative estimate of drug-likeness (QED) is 0.842. The van der Waals surface area contributed by atoms with E-state index >= 15 is 0 Å². The molecule has 1 aromatic carbocycles. The summed E-state index contributed by atoms with van der Waals surface area (Å²) in [5.74, 6) is -2.07. The molecule has 0 bridgehead atoms. The topological polar surface area (TPSA) is 33.2 Å². The van der Waals surface area contributed by atoms with Gasteiger partial charge in [0.2, 0.25) is 0 Å². The first kappa shape index (κ1) is 12.5. The number of hydrogen-bond donors (Lipinski definition) is 0. The van der Waals surface area contributed by atoms with Crippen LogP contribution in [0.25, 0.3) is 5.70 Å². The maximum absolute atomic E-state index is 13.2. The maximum atomic E-state index is 13.2. The van der Waals surface area contributed by atoms with Gasteiger partial charge in [-0.15, -0.1) is 0 Å². The molecule has 0 atom stereocenters. The summed E-state index contributed by atoms with van der Waals surface area (Å²) in [7, 11) is 0. The standard InChI is InChI=1S/C15H10F2N2O/c1-9-11-4-5-18-7-12(11)15(20)19(9)8-10-2-3-13(16)14(17)6-10/h2-7H,1,8H2. The van der Waals surface area contributed by atoms with Crippen molar-refractivity contribution in [3.05, 3.63) is 71.6 Å². The van der Waals surface area contributed by atoms with Crippen LogP contribution < -0.4 is 0 Å². The molecular formula is C15H10F2N2O. The Kier molecular flexibility index (Phi) is 2.82. The molecule has 0 unspecified atom stereocenters. The molecule has 0 radical (unpaired) electrons. The van der Waals surface area contributed by atoms with Gasteiger partial charge in [-0.25, -0.2) is 8.78 Å². The number of aromatic nitrogens is 1. The van der Waals surface area contributed by atoms with Crippen LogP contribution in [0.3, 0.4) is 0 Å². The number of halogens is 2. The molecule has 1 amide bonds. The Labute approximate surface area is 114 Å². The van der Waals surface area contributed by atoms with Crippen LogP contribution in [0.1, 0.15) is 21.5 Å². The van der Waals surface area contributed by atoms with Crippen LogP contribution in [0.2, 0.25) is 0 Å². The van der Waals surface area contributed by atoms with Crippen LogP contribution in [0.5, 0.6) is 0 Å². The summed E-state index contributed by atoms with van der Waals surface area (Å²) in [6, 6.07) is 5.28. The minimum absolute atomic E-state index is 0.142. The van der Waals surface area contributed by atoms with Gasteiger partial charge in [0.1, 0.15) is 0 Å². The lowest BCUT2D eigenvalue weighted by Gasteiger charge is -2.17. The van der Waals surface area contributed by atoms with Crippen molar-refractivity contribution in [2.45, 2.75) is 6.54 Å². The summed E-state index contributed by atoms with van der Waals surface area (Å²) >= 11 is 0. The maximum Gasteiger partial charge on any atom is 0.260 e. The van der Waals surface area contributed by atoms with Gasteiger partial charge in [0, 0.05) is 23.7 Å². The number of carbonyl (C=O) groups is 1. The number of benzene rings is 1. The van der Waals surface area contributed by atoms with Crippen LogP contribution in [-0.2, 0) is 6.54 Å². The molecule has 0 saturated carbocycles. The SMILES string of the molecule is C=C1c2ccncc2C(=O)N1Cc1ccc(F)c(F)c1. The van der Waals surface area contributed by atoms with Gasteiger partial charge < -0.3 is 4.90 Å². The highest BCUT2D eigenvalue weighted by Crippen LogP contribution is 2.31. The number of amides is 1. The zero-order valence-electron chi connectivity index (χ0n) is 10.4. The number of carbonyl (C=O) groups excluding carboxylic acids is 1. The third kappa shape index (κ3) is 1.87. The molecule has 20 heavy (non-hydrogen) atoms. The number of hydrogen-bond acceptors (Lipinski definition) is 2. The van der Waals surface area contributed by atoms with E-state index in [0.717, 1.165) is 12.1 Å². The molecule has 1 aliphatic heterocycles. The largest absolute Gasteiger partial charge is 0.304 e. The fourth-order valence-corrected chi connectivity index (χ4v) is 2.22. The second kappa shape index (κ2) is 4.52. The zero-order valence-corrected chi connectivity index (χ0v) is 10.4. The highest BCUT2D eigenvalue weighted by molar-refractivity contribution is 6.08. The lowest BCUT2D eigenvalue weighted by atomic mass is 10.1. The predicted octanol–water partition coefficient (Wildman–Crippen LogP) is 2.99. The van der Waals surface area contributed by atoms with Crippen LogP contribution in [-0.4, -0.2) is 15.8 Å². The van der Waals surface area contributed by atoms with E-state index in [1.165, 1.54) is 17.2 Å². The normalized spacial score (nSPS) is 13.8. The molecular weight excluding hydrogens is 262 g/mol. The number of nitrogens with zero attached hydrogens (tertiary/aromatic N) is 2. The summed E-state index contributed by atoms with van der Waals surface area (Å²) in [6.07, 6.45) is 3.06. The van der Waals surface area contributed by atoms with E-state index in [0.29, 0.717) is 22.4 Å². The Balaban J connectivity index is 1.91. The van der Waals surface area contributed by atoms with Gasteiger partial charge in [0.25, 0.3) is 5.91 Å². The molecule has 0 spiro atoms. The van der Waals surface area contributed by atoms with Gasteiger partial charge in [-0.1, -0.05) is 12.6 Å². The first-order valence-corrected chi connectivity index (χ1v) is 5.97. The van der Waals surface area contributed by atoms with E-state index < -0.39 is 11.6 Å². The molecule has 1 aliphatic rings. The Bertz CT molecular complexity index is 693. The van der Waals surface area contributed by atoms with Crippen molar-refractivity contribution in [2.75, 3.05) is 0 Å². The lowest BCUT2D eigenvalue weighted by Crippen LogP contribution is -2.22. The third-order valence-corrected chi connectivity index (χ3v) is 3.26. The van der Waals surface area contributed by atoms with E-state index in [2.05, 4.69) is 11.6 Å². The second-order valence-corrected chi connectivity index (χ2v) is 4.51. The highest BCUT2D eigenvalue weighted by Gasteiger charge is 2.31. The van der Waals surface area contributed by atoms with Gasteiger partial charge >= 0.3 is 0 Å². The van der Waals surface area contributed by atoms with Crippen molar-refractivity contribution in [3.8, 4) is 0 Å². The second-order valence-electron chi connectivity index (χ2n) is 4.51. The van der Waals surface area contributed by atoms with Gasteiger partial charge in [-0.05, 0) is 23.8 Å². The van der Waals surface area contributed by atoms with Crippen LogP contribution in [0.15, 0.2) is 43.2 Å². The molecule has 2 aromatic rings. The van der Waals surface area contributed by atoms with Gasteiger partial charge in [-0.2, -0.15) is 0 Å². The minimum atomic E-state index is -0.932. The van der Waals surface area contributed by atoms with E-state index in [1.807, 2.05) is 0 Å². The average Bonchev–Trinajstić information content (AvgIpc) is 2.69. The van der Waals surface area contributed by atoms with Gasteiger partial charge in [-0.3, -0.25) is 9.78 Å². The van der Waals surface area contributed by atoms with Gasteiger partial charge in [0.15, 0.2) is 11.6 Å². The fraction of sp³-hybridized carbons (Fsp3) is 0.0667. The van der Waals surface area contributed by atoms with Crippen LogP contribution >= 0.6 is 0 Å². The Hall–Kier alpha value is -2.56. The lowest BCUT2D eigenvalue weighted by molar-refractivity contribution is 0.0843. The molecule has 0 fully saturated rings. The Morgan fingerprint density at radius 1 is 1.15 bits per heavy atom. The monoisotopic (exact) mass is 272 g/mol. The molecule has 100 valence electrons. The first-order valence-electron chi connectivity index (χ1n) is 5.97. The predicted molar refractivity (Wildman–Crippen MR) is 69.5 cm³/mol. The minimum Gasteiger partial charge on any atom is -0.304 e. The van der Waals surface area contributed by atoms with Crippen molar-refractivity contribution >= 4 is 11.6 Å². The fourth-order valence-electron chi connectivity index (χ4n) is 2.22. The first-order chi connectivity index (χ1) is 9.58. The summed E-state index contributed by atoms with van der Waals surface area (Å²) < 4.78 is 26.1. The van der Waals surface area contributed by atoms with Crippen molar-refractivity contribution in [3.63, 3.8) is 0 Å². The molecule has 3 rings (SSSR count). The van der Waals surface area contributed by atoms with Gasteiger partial charge in [0.05, 0.1) is 12.1 Å². The van der Waals surface area contributed by atoms with E-state index in [1.54, 1.807) is 12.3 Å². The highest BCUT2D eigenvalue weighted by atomic mass is 19.2. The van der Waals surface area contributed by atoms with E-state index in [9.17, 15) is 13.6 Å². The molecule has 0 aliphatic carbocycles. The zero-order chi connectivity index (χ0) is 14.3. The van der Waals surface area contributed by atoms with E-state index in [4.69, 9.17) is 0 Å². The summed E-state index contributed by atoms with van der Waals surface area (Å²) in [5.41, 5.74) is 2.23. The molecule has 0 saturated heterocycles. The van der Waals surface area contributed by atoms with Crippen molar-refractivity contribution < 1.29 is 13.6 Å². The molecule has 0 N–H and O–H groups in total. The summed E-state index contributed by atoms with van der Waals surface area (Å²) in [4.78, 5) is 17.6. The van der Waals surface area contributed by atoms with Crippen LogP contribution in [0, 0.1) is 11.6 Å². The summed E-state index contributed by atoms with van der Waals surface area (Å²) in [5, 5.41) is 0. The van der Waals surface area contributed by atoms with Crippen LogP contribution in [0.4, 0.5) is 8.78 Å². The van der Waals surface area contributed by atoms with E-state index in [-0.39, 0.29) is 12.5 Å². The average molecular weight is 272 g/mol. The molecule has 2 heterocycles. The molecule has 5 heteroatoms. The molecule has 3 nitrogen and oxygen atoms in total. The summed E-state index contributed by atoms with van der Waals surface area (Å²) in [6.45, 7) is 4.02. The van der Waals surface area contributed by atoms with Crippen molar-refractivity contribution in [1.29, 1.82) is 0 Å². The number of fused-ring (bicyclic) bond motifs is 1. The Morgan fingerprint density at radius 3 is 2.65 bits per heavy atom.